The predicted molar refractivity (Wildman–Crippen MR) is 122 cm³/mol. The smallest absolute Gasteiger partial charge is 0.265 e. The summed E-state index contributed by atoms with van der Waals surface area (Å²) in [5.41, 5.74) is 4.56. The quantitative estimate of drug-likeness (QED) is 0.330. The molecule has 0 spiro atoms. The maximum atomic E-state index is 13.0. The molecule has 2 aromatic heterocycles. The number of hydrogen-bond acceptors (Lipinski definition) is 6. The van der Waals surface area contributed by atoms with Gasteiger partial charge in [-0.25, -0.2) is 9.55 Å². The molecule has 0 atom stereocenters. The van der Waals surface area contributed by atoms with Crippen molar-refractivity contribution >= 4 is 43.7 Å². The fraction of sp³-hybridized carbons (Fsp3) is 0. The molecule has 0 fully saturated rings. The van der Waals surface area contributed by atoms with E-state index in [-0.39, 0.29) is 11.4 Å². The summed E-state index contributed by atoms with van der Waals surface area (Å²) >= 11 is 1.49. The molecule has 30 heavy (non-hydrogen) atoms. The number of anilines is 1. The first-order valence-electron chi connectivity index (χ1n) is 9.29. The molecule has 146 valence electrons. The summed E-state index contributed by atoms with van der Waals surface area (Å²) in [6.45, 7) is 0. The molecule has 3 aromatic carbocycles. The highest BCUT2D eigenvalue weighted by Crippen LogP contribution is 2.27. The van der Waals surface area contributed by atoms with Crippen molar-refractivity contribution in [3.05, 3.63) is 94.8 Å². The van der Waals surface area contributed by atoms with E-state index >= 15 is 0 Å². The van der Waals surface area contributed by atoms with E-state index in [4.69, 9.17) is 0 Å². The Morgan fingerprint density at radius 1 is 0.933 bits per heavy atom. The Balaban J connectivity index is 1.61. The third-order valence-electron chi connectivity index (χ3n) is 4.77. The van der Waals surface area contributed by atoms with Crippen molar-refractivity contribution in [3.63, 3.8) is 0 Å². The van der Waals surface area contributed by atoms with Crippen LogP contribution in [0.2, 0.25) is 0 Å². The molecular weight excluding hydrogens is 396 g/mol. The number of rotatable bonds is 4. The van der Waals surface area contributed by atoms with Gasteiger partial charge in [-0.1, -0.05) is 59.9 Å². The first-order valence-corrected chi connectivity index (χ1v) is 10.1. The molecule has 2 N–H and O–H groups in total. The number of benzene rings is 3. The number of nitrogens with zero attached hydrogens (tertiary/aromatic N) is 3. The monoisotopic (exact) mass is 412 g/mol. The summed E-state index contributed by atoms with van der Waals surface area (Å²) in [6, 6.07) is 24.0. The summed E-state index contributed by atoms with van der Waals surface area (Å²) in [5, 5.41) is 17.0. The number of nitrogens with one attached hydrogen (secondary N) is 1. The molecule has 5 aromatic rings. The number of hydrazone groups is 1. The van der Waals surface area contributed by atoms with E-state index in [9.17, 15) is 9.90 Å². The van der Waals surface area contributed by atoms with Gasteiger partial charge in [0, 0.05) is 10.8 Å². The zero-order valence-electron chi connectivity index (χ0n) is 15.7. The first-order chi connectivity index (χ1) is 14.7. The minimum Gasteiger partial charge on any atom is -0.494 e. The third kappa shape index (κ3) is 3.11. The topological polar surface area (TPSA) is 79.5 Å². The van der Waals surface area contributed by atoms with Gasteiger partial charge in [-0.05, 0) is 30.3 Å². The molecule has 0 aliphatic carbocycles. The average Bonchev–Trinajstić information content (AvgIpc) is 3.20. The molecule has 0 saturated heterocycles. The Kier molecular flexibility index (Phi) is 4.49. The minimum atomic E-state index is -0.286. The Labute approximate surface area is 175 Å². The third-order valence-corrected chi connectivity index (χ3v) is 5.71. The zero-order valence-corrected chi connectivity index (χ0v) is 16.5. The molecule has 7 heteroatoms. The molecule has 0 amide bonds. The van der Waals surface area contributed by atoms with E-state index in [0.717, 1.165) is 10.2 Å². The van der Waals surface area contributed by atoms with Crippen molar-refractivity contribution < 1.29 is 5.11 Å². The number of pyridine rings is 1. The van der Waals surface area contributed by atoms with Crippen molar-refractivity contribution in [2.24, 2.45) is 5.10 Å². The van der Waals surface area contributed by atoms with Crippen LogP contribution in [0.3, 0.4) is 0 Å². The molecule has 0 bridgehead atoms. The van der Waals surface area contributed by atoms with Crippen molar-refractivity contribution in [3.8, 4) is 11.6 Å². The number of thiazole rings is 1. The second kappa shape index (κ2) is 7.46. The lowest BCUT2D eigenvalue weighted by molar-refractivity contribution is 0.436. The van der Waals surface area contributed by atoms with Crippen LogP contribution >= 0.6 is 11.3 Å². The Morgan fingerprint density at radius 3 is 2.43 bits per heavy atom. The van der Waals surface area contributed by atoms with Gasteiger partial charge in [0.1, 0.15) is 0 Å². The number of fused-ring (bicyclic) bond motifs is 2. The van der Waals surface area contributed by atoms with Crippen molar-refractivity contribution in [2.75, 3.05) is 5.43 Å². The van der Waals surface area contributed by atoms with E-state index in [1.54, 1.807) is 30.3 Å². The predicted octanol–water partition coefficient (Wildman–Crippen LogP) is 4.75. The number of para-hydroxylation sites is 2. The van der Waals surface area contributed by atoms with Crippen LogP contribution in [0.25, 0.3) is 26.7 Å². The summed E-state index contributed by atoms with van der Waals surface area (Å²) < 4.78 is 2.35. The molecule has 6 nitrogen and oxygen atoms in total. The lowest BCUT2D eigenvalue weighted by Gasteiger charge is -2.13. The van der Waals surface area contributed by atoms with E-state index in [2.05, 4.69) is 15.5 Å². The highest BCUT2D eigenvalue weighted by molar-refractivity contribution is 7.22. The van der Waals surface area contributed by atoms with Crippen LogP contribution in [0.4, 0.5) is 5.13 Å². The van der Waals surface area contributed by atoms with Gasteiger partial charge < -0.3 is 5.11 Å². The normalized spacial score (nSPS) is 11.5. The maximum Gasteiger partial charge on any atom is 0.265 e. The van der Waals surface area contributed by atoms with Crippen molar-refractivity contribution in [2.45, 2.75) is 0 Å². The van der Waals surface area contributed by atoms with E-state index < -0.39 is 0 Å². The molecule has 0 unspecified atom stereocenters. The Bertz CT molecular complexity index is 1420. The van der Waals surface area contributed by atoms with Gasteiger partial charge >= 0.3 is 0 Å². The van der Waals surface area contributed by atoms with E-state index in [1.165, 1.54) is 22.1 Å². The van der Waals surface area contributed by atoms with Crippen LogP contribution in [-0.2, 0) is 0 Å². The van der Waals surface area contributed by atoms with Crippen LogP contribution in [0.1, 0.15) is 5.56 Å². The maximum absolute atomic E-state index is 13.0. The zero-order chi connectivity index (χ0) is 20.5. The number of hydrogen-bond donors (Lipinski definition) is 2. The van der Waals surface area contributed by atoms with Crippen LogP contribution in [0.5, 0.6) is 5.88 Å². The second-order valence-corrected chi connectivity index (χ2v) is 7.65. The fourth-order valence-corrected chi connectivity index (χ4v) is 4.19. The highest BCUT2D eigenvalue weighted by atomic mass is 32.1. The molecule has 0 aliphatic heterocycles. The molecule has 5 rings (SSSR count). The Morgan fingerprint density at radius 2 is 1.63 bits per heavy atom. The van der Waals surface area contributed by atoms with Gasteiger partial charge in [0.15, 0.2) is 0 Å². The van der Waals surface area contributed by atoms with Gasteiger partial charge in [-0.3, -0.25) is 10.2 Å². The molecule has 0 saturated carbocycles. The fourth-order valence-electron chi connectivity index (χ4n) is 3.38. The summed E-state index contributed by atoms with van der Waals surface area (Å²) in [7, 11) is 0. The van der Waals surface area contributed by atoms with Gasteiger partial charge in [0.05, 0.1) is 27.7 Å². The summed E-state index contributed by atoms with van der Waals surface area (Å²) in [5.74, 6) is -0.167. The largest absolute Gasteiger partial charge is 0.494 e. The van der Waals surface area contributed by atoms with Crippen molar-refractivity contribution in [1.29, 1.82) is 0 Å². The van der Waals surface area contributed by atoms with Crippen LogP contribution < -0.4 is 11.0 Å². The molecule has 0 aliphatic rings. The van der Waals surface area contributed by atoms with Crippen LogP contribution in [0, 0.1) is 0 Å². The lowest BCUT2D eigenvalue weighted by atomic mass is 10.1. The van der Waals surface area contributed by atoms with Crippen molar-refractivity contribution in [1.82, 2.24) is 9.55 Å². The second-order valence-electron chi connectivity index (χ2n) is 6.62. The highest BCUT2D eigenvalue weighted by Gasteiger charge is 2.16. The minimum absolute atomic E-state index is 0.167. The molecule has 0 radical (unpaired) electrons. The molecular formula is C23H16N4O2S. The summed E-state index contributed by atoms with van der Waals surface area (Å²) in [6.07, 6.45) is 1.52. The van der Waals surface area contributed by atoms with E-state index in [1.807, 2.05) is 48.5 Å². The van der Waals surface area contributed by atoms with Gasteiger partial charge in [0.25, 0.3) is 5.56 Å². The van der Waals surface area contributed by atoms with Crippen LogP contribution in [-0.4, -0.2) is 20.9 Å². The summed E-state index contributed by atoms with van der Waals surface area (Å²) in [4.78, 5) is 17.5. The van der Waals surface area contributed by atoms with E-state index in [0.29, 0.717) is 27.2 Å². The molecule has 2 heterocycles. The van der Waals surface area contributed by atoms with Gasteiger partial charge in [0.2, 0.25) is 11.0 Å². The van der Waals surface area contributed by atoms with Crippen LogP contribution in [0.15, 0.2) is 88.8 Å². The number of aromatic hydroxyl groups is 1. The lowest BCUT2D eigenvalue weighted by Crippen LogP contribution is -2.20. The van der Waals surface area contributed by atoms with Gasteiger partial charge in [-0.15, -0.1) is 0 Å². The average molecular weight is 412 g/mol. The SMILES string of the molecule is O=c1c2ccccc2c(C=NNc2nc3ccccc3s2)c(O)n1-c1ccccc1. The number of aromatic nitrogens is 2. The standard InChI is InChI=1S/C23H16N4O2S/c28-21-17-11-5-4-10-16(17)18(22(29)27(21)15-8-2-1-3-9-15)14-24-26-23-25-19-12-6-7-13-20(19)30-23/h1-14,29H,(H,25,26). The van der Waals surface area contributed by atoms with Gasteiger partial charge in [-0.2, -0.15) is 5.10 Å². The Hall–Kier alpha value is -3.97. The first kappa shape index (κ1) is 18.1.